The first-order valence-corrected chi connectivity index (χ1v) is 7.62. The van der Waals surface area contributed by atoms with Gasteiger partial charge in [0.15, 0.2) is 0 Å². The Labute approximate surface area is 120 Å². The van der Waals surface area contributed by atoms with E-state index in [0.29, 0.717) is 10.9 Å². The molecule has 1 aliphatic rings. The van der Waals surface area contributed by atoms with E-state index >= 15 is 0 Å². The molecule has 108 valence electrons. The molecule has 2 unspecified atom stereocenters. The van der Waals surface area contributed by atoms with Crippen LogP contribution in [-0.2, 0) is 0 Å². The highest BCUT2D eigenvalue weighted by Gasteiger charge is 2.27. The number of thioether (sulfide) groups is 1. The summed E-state index contributed by atoms with van der Waals surface area (Å²) < 4.78 is 0. The zero-order chi connectivity index (χ0) is 14.7. The first kappa shape index (κ1) is 14.6. The Morgan fingerprint density at radius 2 is 2.25 bits per heavy atom. The first-order valence-electron chi connectivity index (χ1n) is 6.34. The summed E-state index contributed by atoms with van der Waals surface area (Å²) in [5.74, 6) is -1.29. The van der Waals surface area contributed by atoms with Crippen LogP contribution in [0.4, 0.5) is 11.4 Å². The zero-order valence-electron chi connectivity index (χ0n) is 11.0. The van der Waals surface area contributed by atoms with Crippen LogP contribution in [0.25, 0.3) is 0 Å². The monoisotopic (exact) mass is 296 g/mol. The van der Waals surface area contributed by atoms with Crippen molar-refractivity contribution in [2.75, 3.05) is 11.6 Å². The molecule has 0 bridgehead atoms. The van der Waals surface area contributed by atoms with E-state index in [0.717, 1.165) is 19.3 Å². The number of nitro benzene ring substituents is 1. The molecule has 0 radical (unpaired) electrons. The van der Waals surface area contributed by atoms with Gasteiger partial charge in [-0.1, -0.05) is 6.42 Å². The molecule has 1 aromatic carbocycles. The number of carboxylic acid groups (broad SMARTS) is 1. The van der Waals surface area contributed by atoms with E-state index < -0.39 is 10.9 Å². The van der Waals surface area contributed by atoms with Gasteiger partial charge in [-0.25, -0.2) is 4.79 Å². The number of anilines is 1. The molecule has 0 heterocycles. The number of carbonyl (C=O) groups is 1. The van der Waals surface area contributed by atoms with Crippen LogP contribution in [0, 0.1) is 10.1 Å². The predicted molar refractivity (Wildman–Crippen MR) is 78.6 cm³/mol. The van der Waals surface area contributed by atoms with E-state index in [4.69, 9.17) is 5.11 Å². The molecule has 0 aliphatic heterocycles. The van der Waals surface area contributed by atoms with Gasteiger partial charge < -0.3 is 10.4 Å². The zero-order valence-corrected chi connectivity index (χ0v) is 11.9. The maximum absolute atomic E-state index is 11.0. The van der Waals surface area contributed by atoms with Gasteiger partial charge in [0.05, 0.1) is 4.92 Å². The van der Waals surface area contributed by atoms with Crippen LogP contribution >= 0.6 is 11.8 Å². The summed E-state index contributed by atoms with van der Waals surface area (Å²) in [5.41, 5.74) is -0.0535. The molecule has 20 heavy (non-hydrogen) atoms. The summed E-state index contributed by atoms with van der Waals surface area (Å²) in [6.07, 6.45) is 5.35. The van der Waals surface area contributed by atoms with Gasteiger partial charge in [0, 0.05) is 23.0 Å². The molecule has 1 saturated carbocycles. The topological polar surface area (TPSA) is 92.5 Å². The van der Waals surface area contributed by atoms with E-state index in [1.54, 1.807) is 17.8 Å². The Hall–Kier alpha value is -1.76. The molecule has 2 rings (SSSR count). The number of hydrogen-bond donors (Lipinski definition) is 2. The minimum Gasteiger partial charge on any atom is -0.477 e. The fraction of sp³-hybridized carbons (Fsp3) is 0.462. The number of nitrogens with zero attached hydrogens (tertiary/aromatic N) is 1. The van der Waals surface area contributed by atoms with Crippen molar-refractivity contribution in [3.8, 4) is 0 Å². The Morgan fingerprint density at radius 1 is 1.50 bits per heavy atom. The Balaban J connectivity index is 2.23. The molecule has 2 N–H and O–H groups in total. The largest absolute Gasteiger partial charge is 0.477 e. The minimum atomic E-state index is -1.29. The summed E-state index contributed by atoms with van der Waals surface area (Å²) >= 11 is 1.79. The van der Waals surface area contributed by atoms with Crippen molar-refractivity contribution in [2.24, 2.45) is 0 Å². The summed E-state index contributed by atoms with van der Waals surface area (Å²) in [4.78, 5) is 21.2. The van der Waals surface area contributed by atoms with Gasteiger partial charge in [-0.2, -0.15) is 11.8 Å². The Morgan fingerprint density at radius 3 is 2.85 bits per heavy atom. The maximum Gasteiger partial charge on any atom is 0.342 e. The van der Waals surface area contributed by atoms with Gasteiger partial charge in [-0.15, -0.1) is 0 Å². The number of nitrogens with one attached hydrogen (secondary N) is 1. The number of hydrogen-bond acceptors (Lipinski definition) is 5. The molecule has 6 nitrogen and oxygen atoms in total. The van der Waals surface area contributed by atoms with E-state index in [-0.39, 0.29) is 17.3 Å². The molecule has 0 spiro atoms. The van der Waals surface area contributed by atoms with Crippen molar-refractivity contribution in [2.45, 2.75) is 30.6 Å². The number of aromatic carboxylic acids is 1. The number of rotatable bonds is 5. The highest BCUT2D eigenvalue weighted by atomic mass is 32.2. The standard InChI is InChI=1S/C13H16N2O4S/c1-20-12-4-2-3-10(12)14-8-5-6-9(13(16)17)11(7-8)15(18)19/h5-7,10,12,14H,2-4H2,1H3,(H,16,17). The maximum atomic E-state index is 11.0. The third-order valence-corrected chi connectivity index (χ3v) is 4.70. The number of nitro groups is 1. The third-order valence-electron chi connectivity index (χ3n) is 3.53. The second-order valence-corrected chi connectivity index (χ2v) is 5.83. The highest BCUT2D eigenvalue weighted by molar-refractivity contribution is 7.99. The molecule has 2 atom stereocenters. The fourth-order valence-corrected chi connectivity index (χ4v) is 3.48. The van der Waals surface area contributed by atoms with Crippen LogP contribution in [0.3, 0.4) is 0 Å². The third kappa shape index (κ3) is 3.04. The Bertz CT molecular complexity index is 535. The minimum absolute atomic E-state index is 0.278. The molecule has 0 amide bonds. The lowest BCUT2D eigenvalue weighted by molar-refractivity contribution is -0.385. The van der Waals surface area contributed by atoms with Gasteiger partial charge in [0.2, 0.25) is 0 Å². The van der Waals surface area contributed by atoms with Gasteiger partial charge >= 0.3 is 5.97 Å². The van der Waals surface area contributed by atoms with Gasteiger partial charge in [0.1, 0.15) is 5.56 Å². The second kappa shape index (κ2) is 6.13. The number of benzene rings is 1. The summed E-state index contributed by atoms with van der Waals surface area (Å²) in [6.45, 7) is 0. The lowest BCUT2D eigenvalue weighted by Crippen LogP contribution is -2.25. The van der Waals surface area contributed by atoms with Crippen molar-refractivity contribution in [3.63, 3.8) is 0 Å². The van der Waals surface area contributed by atoms with E-state index in [1.165, 1.54) is 12.1 Å². The lowest BCUT2D eigenvalue weighted by Gasteiger charge is -2.20. The van der Waals surface area contributed by atoms with Crippen molar-refractivity contribution in [1.82, 2.24) is 0 Å². The van der Waals surface area contributed by atoms with E-state index in [1.807, 2.05) is 0 Å². The van der Waals surface area contributed by atoms with Crippen molar-refractivity contribution < 1.29 is 14.8 Å². The molecule has 1 aromatic rings. The molecule has 1 fully saturated rings. The molecular weight excluding hydrogens is 280 g/mol. The predicted octanol–water partition coefficient (Wildman–Crippen LogP) is 2.99. The quantitative estimate of drug-likeness (QED) is 0.641. The van der Waals surface area contributed by atoms with Crippen LogP contribution in [0.2, 0.25) is 0 Å². The van der Waals surface area contributed by atoms with Crippen LogP contribution in [0.15, 0.2) is 18.2 Å². The average Bonchev–Trinajstić information content (AvgIpc) is 2.85. The SMILES string of the molecule is CSC1CCCC1Nc1ccc(C(=O)O)c([N+](=O)[O-])c1. The molecule has 0 aromatic heterocycles. The van der Waals surface area contributed by atoms with Crippen LogP contribution in [0.1, 0.15) is 29.6 Å². The molecule has 7 heteroatoms. The lowest BCUT2D eigenvalue weighted by atomic mass is 10.1. The van der Waals surface area contributed by atoms with Crippen LogP contribution < -0.4 is 5.32 Å². The summed E-state index contributed by atoms with van der Waals surface area (Å²) in [6, 6.07) is 4.46. The highest BCUT2D eigenvalue weighted by Crippen LogP contribution is 2.32. The normalized spacial score (nSPS) is 21.6. The van der Waals surface area contributed by atoms with Crippen molar-refractivity contribution in [3.05, 3.63) is 33.9 Å². The van der Waals surface area contributed by atoms with E-state index in [9.17, 15) is 14.9 Å². The first-order chi connectivity index (χ1) is 9.52. The molecule has 1 aliphatic carbocycles. The summed E-state index contributed by atoms with van der Waals surface area (Å²) in [5, 5.41) is 23.7. The van der Waals surface area contributed by atoms with Crippen molar-refractivity contribution >= 4 is 29.1 Å². The average molecular weight is 296 g/mol. The van der Waals surface area contributed by atoms with Gasteiger partial charge in [-0.3, -0.25) is 10.1 Å². The summed E-state index contributed by atoms with van der Waals surface area (Å²) in [7, 11) is 0. The van der Waals surface area contributed by atoms with Gasteiger partial charge in [0.25, 0.3) is 5.69 Å². The van der Waals surface area contributed by atoms with E-state index in [2.05, 4.69) is 11.6 Å². The van der Waals surface area contributed by atoms with Crippen LogP contribution in [-0.4, -0.2) is 33.5 Å². The fourth-order valence-electron chi connectivity index (χ4n) is 2.54. The van der Waals surface area contributed by atoms with Crippen molar-refractivity contribution in [1.29, 1.82) is 0 Å². The molecular formula is C13H16N2O4S. The Kier molecular flexibility index (Phi) is 4.49. The van der Waals surface area contributed by atoms with Gasteiger partial charge in [-0.05, 0) is 31.2 Å². The number of carboxylic acids is 1. The smallest absolute Gasteiger partial charge is 0.342 e. The second-order valence-electron chi connectivity index (χ2n) is 4.75. The van der Waals surface area contributed by atoms with Crippen LogP contribution in [0.5, 0.6) is 0 Å². The molecule has 0 saturated heterocycles.